The molecule has 3 N–H and O–H groups in total. The summed E-state index contributed by atoms with van der Waals surface area (Å²) in [7, 11) is 0. The summed E-state index contributed by atoms with van der Waals surface area (Å²) in [6.45, 7) is 1.75. The number of amides is 1. The Balaban J connectivity index is 1.94. The Labute approximate surface area is 141 Å². The maximum atomic E-state index is 12.0. The van der Waals surface area contributed by atoms with E-state index in [9.17, 15) is 19.8 Å². The van der Waals surface area contributed by atoms with Crippen LogP contribution in [0.2, 0.25) is 0 Å². The van der Waals surface area contributed by atoms with Gasteiger partial charge in [0.25, 0.3) is 5.91 Å². The lowest BCUT2D eigenvalue weighted by Gasteiger charge is -2.06. The van der Waals surface area contributed by atoms with Crippen LogP contribution in [-0.4, -0.2) is 22.3 Å². The van der Waals surface area contributed by atoms with E-state index in [1.54, 1.807) is 25.1 Å². The highest BCUT2D eigenvalue weighted by atomic mass is 16.4. The summed E-state index contributed by atoms with van der Waals surface area (Å²) in [6.07, 6.45) is 1.18. The van der Waals surface area contributed by atoms with Gasteiger partial charge in [-0.25, -0.2) is 10.2 Å². The molecular formula is C18H14N2O5. The van der Waals surface area contributed by atoms with Crippen molar-refractivity contribution < 1.29 is 19.4 Å². The molecule has 0 aliphatic rings. The fraction of sp³-hybridized carbons (Fsp3) is 0.0556. The SMILES string of the molecule is Cc1cc(=O)oc2c(/C=N/NC(=O)c3ccccc3O)c(O)ccc12. The molecule has 3 rings (SSSR count). The third-order valence-corrected chi connectivity index (χ3v) is 3.64. The van der Waals surface area contributed by atoms with Gasteiger partial charge in [0.15, 0.2) is 5.58 Å². The number of hydrogen-bond acceptors (Lipinski definition) is 6. The number of benzene rings is 2. The zero-order valence-corrected chi connectivity index (χ0v) is 13.2. The summed E-state index contributed by atoms with van der Waals surface area (Å²) in [5.41, 5.74) is 2.78. The van der Waals surface area contributed by atoms with E-state index in [0.29, 0.717) is 10.9 Å². The van der Waals surface area contributed by atoms with E-state index in [-0.39, 0.29) is 28.2 Å². The molecule has 0 spiro atoms. The number of aryl methyl sites for hydroxylation is 1. The van der Waals surface area contributed by atoms with Crippen LogP contribution >= 0.6 is 0 Å². The highest BCUT2D eigenvalue weighted by molar-refractivity contribution is 6.01. The van der Waals surface area contributed by atoms with Crippen molar-refractivity contribution in [3.63, 3.8) is 0 Å². The van der Waals surface area contributed by atoms with Gasteiger partial charge in [-0.2, -0.15) is 5.10 Å². The lowest BCUT2D eigenvalue weighted by atomic mass is 10.1. The summed E-state index contributed by atoms with van der Waals surface area (Å²) in [5.74, 6) is -0.946. The second-order valence-electron chi connectivity index (χ2n) is 5.34. The zero-order valence-electron chi connectivity index (χ0n) is 13.2. The van der Waals surface area contributed by atoms with Gasteiger partial charge >= 0.3 is 5.63 Å². The highest BCUT2D eigenvalue weighted by Gasteiger charge is 2.12. The fourth-order valence-electron chi connectivity index (χ4n) is 2.40. The number of phenols is 2. The standard InChI is InChI=1S/C18H14N2O5/c1-10-8-16(23)25-17-11(10)6-7-15(22)13(17)9-19-20-18(24)12-4-2-3-5-14(12)21/h2-9,21-22H,1H3,(H,20,24)/b19-9+. The van der Waals surface area contributed by atoms with Gasteiger partial charge in [0.05, 0.1) is 17.3 Å². The van der Waals surface area contributed by atoms with E-state index in [2.05, 4.69) is 10.5 Å². The van der Waals surface area contributed by atoms with Crippen LogP contribution in [-0.2, 0) is 0 Å². The van der Waals surface area contributed by atoms with Crippen LogP contribution in [0.25, 0.3) is 11.0 Å². The van der Waals surface area contributed by atoms with Crippen LogP contribution in [0.3, 0.4) is 0 Å². The van der Waals surface area contributed by atoms with Crippen LogP contribution in [0.15, 0.2) is 56.8 Å². The van der Waals surface area contributed by atoms with Crippen LogP contribution in [0.1, 0.15) is 21.5 Å². The smallest absolute Gasteiger partial charge is 0.336 e. The van der Waals surface area contributed by atoms with Crippen molar-refractivity contribution >= 4 is 23.1 Å². The molecular weight excluding hydrogens is 324 g/mol. The Morgan fingerprint density at radius 2 is 1.92 bits per heavy atom. The van der Waals surface area contributed by atoms with Gasteiger partial charge in [0.1, 0.15) is 11.5 Å². The molecule has 0 bridgehead atoms. The molecule has 3 aromatic rings. The lowest BCUT2D eigenvalue weighted by Crippen LogP contribution is -2.17. The molecule has 0 atom stereocenters. The Hall–Kier alpha value is -3.61. The van der Waals surface area contributed by atoms with Crippen molar-refractivity contribution in [2.75, 3.05) is 0 Å². The zero-order chi connectivity index (χ0) is 18.0. The maximum Gasteiger partial charge on any atom is 0.336 e. The number of nitrogens with zero attached hydrogens (tertiary/aromatic N) is 1. The van der Waals surface area contributed by atoms with Crippen molar-refractivity contribution in [3.8, 4) is 11.5 Å². The number of rotatable bonds is 3. The number of aromatic hydroxyl groups is 2. The monoisotopic (exact) mass is 338 g/mol. The number of para-hydroxylation sites is 1. The molecule has 0 unspecified atom stereocenters. The Bertz CT molecular complexity index is 1050. The second kappa shape index (κ2) is 6.48. The number of carbonyl (C=O) groups is 1. The average Bonchev–Trinajstić information content (AvgIpc) is 2.57. The third-order valence-electron chi connectivity index (χ3n) is 3.64. The van der Waals surface area contributed by atoms with Crippen molar-refractivity contribution in [3.05, 3.63) is 69.6 Å². The van der Waals surface area contributed by atoms with Crippen molar-refractivity contribution in [1.82, 2.24) is 5.43 Å². The van der Waals surface area contributed by atoms with E-state index < -0.39 is 11.5 Å². The Kier molecular flexibility index (Phi) is 4.21. The molecule has 0 saturated heterocycles. The molecule has 0 fully saturated rings. The van der Waals surface area contributed by atoms with Crippen molar-refractivity contribution in [2.45, 2.75) is 6.92 Å². The van der Waals surface area contributed by atoms with Crippen LogP contribution < -0.4 is 11.1 Å². The number of carbonyl (C=O) groups excluding carboxylic acids is 1. The molecule has 1 aromatic heterocycles. The summed E-state index contributed by atoms with van der Waals surface area (Å²) < 4.78 is 5.16. The average molecular weight is 338 g/mol. The molecule has 126 valence electrons. The number of fused-ring (bicyclic) bond motifs is 1. The molecule has 1 heterocycles. The topological polar surface area (TPSA) is 112 Å². The number of hydrazone groups is 1. The third kappa shape index (κ3) is 3.20. The largest absolute Gasteiger partial charge is 0.507 e. The first-order valence-corrected chi connectivity index (χ1v) is 7.35. The number of nitrogens with one attached hydrogen (secondary N) is 1. The molecule has 1 amide bonds. The molecule has 0 radical (unpaired) electrons. The van der Waals surface area contributed by atoms with Crippen LogP contribution in [0, 0.1) is 6.92 Å². The summed E-state index contributed by atoms with van der Waals surface area (Å²) in [4.78, 5) is 23.6. The van der Waals surface area contributed by atoms with E-state index in [1.807, 2.05) is 0 Å². The minimum absolute atomic E-state index is 0.0594. The van der Waals surface area contributed by atoms with Crippen molar-refractivity contribution in [1.29, 1.82) is 0 Å². The number of phenolic OH excluding ortho intramolecular Hbond substituents is 2. The van der Waals surface area contributed by atoms with Crippen LogP contribution in [0.5, 0.6) is 11.5 Å². The van der Waals surface area contributed by atoms with Gasteiger partial charge in [-0.15, -0.1) is 0 Å². The predicted molar refractivity (Wildman–Crippen MR) is 92.1 cm³/mol. The van der Waals surface area contributed by atoms with Gasteiger partial charge in [-0.05, 0) is 36.8 Å². The first-order chi connectivity index (χ1) is 12.0. The molecule has 2 aromatic carbocycles. The summed E-state index contributed by atoms with van der Waals surface area (Å²) >= 11 is 0. The van der Waals surface area contributed by atoms with Gasteiger partial charge < -0.3 is 14.6 Å². The van der Waals surface area contributed by atoms with Gasteiger partial charge in [-0.3, -0.25) is 4.79 Å². The first kappa shape index (κ1) is 16.3. The quantitative estimate of drug-likeness (QED) is 0.385. The van der Waals surface area contributed by atoms with Gasteiger partial charge in [0.2, 0.25) is 0 Å². The first-order valence-electron chi connectivity index (χ1n) is 7.35. The van der Waals surface area contributed by atoms with Gasteiger partial charge in [-0.1, -0.05) is 12.1 Å². The number of hydrogen-bond donors (Lipinski definition) is 3. The normalized spacial score (nSPS) is 11.1. The minimum atomic E-state index is -0.619. The maximum absolute atomic E-state index is 12.0. The molecule has 25 heavy (non-hydrogen) atoms. The molecule has 0 aliphatic heterocycles. The summed E-state index contributed by atoms with van der Waals surface area (Å²) in [5, 5.41) is 24.1. The Morgan fingerprint density at radius 1 is 1.16 bits per heavy atom. The van der Waals surface area contributed by atoms with E-state index in [4.69, 9.17) is 4.42 Å². The second-order valence-corrected chi connectivity index (χ2v) is 5.34. The van der Waals surface area contributed by atoms with Crippen LogP contribution in [0.4, 0.5) is 0 Å². The molecule has 7 heteroatoms. The fourth-order valence-corrected chi connectivity index (χ4v) is 2.40. The van der Waals surface area contributed by atoms with E-state index >= 15 is 0 Å². The highest BCUT2D eigenvalue weighted by Crippen LogP contribution is 2.26. The molecule has 0 saturated carbocycles. The predicted octanol–water partition coefficient (Wildman–Crippen LogP) is 2.28. The van der Waals surface area contributed by atoms with Crippen molar-refractivity contribution in [2.24, 2.45) is 5.10 Å². The Morgan fingerprint density at radius 3 is 2.68 bits per heavy atom. The van der Waals surface area contributed by atoms with E-state index in [0.717, 1.165) is 0 Å². The van der Waals surface area contributed by atoms with Gasteiger partial charge in [0, 0.05) is 11.5 Å². The lowest BCUT2D eigenvalue weighted by molar-refractivity contribution is 0.0952. The molecule has 0 aliphatic carbocycles. The molecule has 7 nitrogen and oxygen atoms in total. The van der Waals surface area contributed by atoms with E-state index in [1.165, 1.54) is 30.5 Å². The summed E-state index contributed by atoms with van der Waals surface area (Å²) in [6, 6.07) is 10.4. The minimum Gasteiger partial charge on any atom is -0.507 e.